The number of fused-ring (bicyclic) bond motifs is 1. The van der Waals surface area contributed by atoms with Gasteiger partial charge in [-0.25, -0.2) is 4.79 Å². The van der Waals surface area contributed by atoms with Crippen molar-refractivity contribution in [3.63, 3.8) is 0 Å². The molecular formula is C26H24ClN3O2. The van der Waals surface area contributed by atoms with Gasteiger partial charge in [0.15, 0.2) is 0 Å². The summed E-state index contributed by atoms with van der Waals surface area (Å²) in [4.78, 5) is 30.7. The summed E-state index contributed by atoms with van der Waals surface area (Å²) in [6, 6.07) is 22.3. The number of para-hydroxylation sites is 1. The molecule has 0 saturated heterocycles. The third-order valence-electron chi connectivity index (χ3n) is 5.50. The van der Waals surface area contributed by atoms with Gasteiger partial charge in [0.1, 0.15) is 0 Å². The molecule has 162 valence electrons. The summed E-state index contributed by atoms with van der Waals surface area (Å²) in [6.45, 7) is 4.48. The number of hydrogen-bond donors (Lipinski definition) is 2. The van der Waals surface area contributed by atoms with Crippen LogP contribution in [0.3, 0.4) is 0 Å². The first kappa shape index (κ1) is 21.7. The molecule has 0 aliphatic carbocycles. The van der Waals surface area contributed by atoms with Gasteiger partial charge in [-0.15, -0.1) is 0 Å². The van der Waals surface area contributed by atoms with Gasteiger partial charge < -0.3 is 15.2 Å². The van der Waals surface area contributed by atoms with Gasteiger partial charge >= 0.3 is 6.03 Å². The van der Waals surface area contributed by atoms with Crippen LogP contribution in [0.1, 0.15) is 22.3 Å². The van der Waals surface area contributed by atoms with Crippen LogP contribution in [0, 0.1) is 13.8 Å². The maximum Gasteiger partial charge on any atom is 0.322 e. The van der Waals surface area contributed by atoms with E-state index < -0.39 is 0 Å². The zero-order chi connectivity index (χ0) is 22.7. The Morgan fingerprint density at radius 1 is 0.938 bits per heavy atom. The van der Waals surface area contributed by atoms with Gasteiger partial charge in [0.25, 0.3) is 5.56 Å². The van der Waals surface area contributed by atoms with Gasteiger partial charge in [-0.05, 0) is 48.7 Å². The number of urea groups is 1. The molecule has 2 N–H and O–H groups in total. The molecule has 0 unspecified atom stereocenters. The number of halogens is 1. The van der Waals surface area contributed by atoms with Gasteiger partial charge in [-0.3, -0.25) is 4.79 Å². The molecule has 0 radical (unpaired) electrons. The van der Waals surface area contributed by atoms with Crippen LogP contribution in [0.4, 0.5) is 10.5 Å². The highest BCUT2D eigenvalue weighted by Crippen LogP contribution is 2.23. The number of amides is 2. The van der Waals surface area contributed by atoms with Crippen LogP contribution in [-0.4, -0.2) is 15.9 Å². The fraction of sp³-hybridized carbons (Fsp3) is 0.154. The number of aromatic nitrogens is 1. The smallest absolute Gasteiger partial charge is 0.321 e. The van der Waals surface area contributed by atoms with Crippen molar-refractivity contribution in [2.75, 3.05) is 5.32 Å². The third-order valence-corrected chi connectivity index (χ3v) is 5.83. The Hall–Kier alpha value is -3.57. The molecule has 1 heterocycles. The molecule has 0 aliphatic rings. The normalized spacial score (nSPS) is 10.8. The second kappa shape index (κ2) is 9.28. The number of aromatic amines is 1. The van der Waals surface area contributed by atoms with E-state index in [2.05, 4.69) is 10.3 Å². The monoisotopic (exact) mass is 445 g/mol. The van der Waals surface area contributed by atoms with Gasteiger partial charge in [-0.1, -0.05) is 66.2 Å². The Morgan fingerprint density at radius 2 is 1.62 bits per heavy atom. The average Bonchev–Trinajstić information content (AvgIpc) is 2.79. The molecule has 5 nitrogen and oxygen atoms in total. The van der Waals surface area contributed by atoms with Crippen molar-refractivity contribution in [3.05, 3.63) is 110 Å². The quantitative estimate of drug-likeness (QED) is 0.393. The minimum atomic E-state index is -0.331. The molecular weight excluding hydrogens is 422 g/mol. The summed E-state index contributed by atoms with van der Waals surface area (Å²) in [6.07, 6.45) is 0. The van der Waals surface area contributed by atoms with E-state index >= 15 is 0 Å². The summed E-state index contributed by atoms with van der Waals surface area (Å²) in [5.74, 6) is 0. The number of anilines is 1. The van der Waals surface area contributed by atoms with Gasteiger partial charge in [-0.2, -0.15) is 0 Å². The van der Waals surface area contributed by atoms with E-state index in [1.165, 1.54) is 0 Å². The standard InChI is InChI=1S/C26H24ClN3O2/c1-17-12-13-18(2)24-21(17)14-20(25(31)29-24)16-30(15-19-8-4-3-5-9-19)26(32)28-23-11-7-6-10-22(23)27/h3-14H,15-16H2,1-2H3,(H,28,32)(H,29,31). The van der Waals surface area contributed by atoms with E-state index in [4.69, 9.17) is 11.6 Å². The lowest BCUT2D eigenvalue weighted by Crippen LogP contribution is -2.35. The second-order valence-electron chi connectivity index (χ2n) is 7.86. The van der Waals surface area contributed by atoms with Crippen molar-refractivity contribution in [1.29, 1.82) is 0 Å². The van der Waals surface area contributed by atoms with Crippen LogP contribution in [0.25, 0.3) is 10.9 Å². The Labute approximate surface area is 191 Å². The summed E-state index contributed by atoms with van der Waals surface area (Å²) in [5, 5.41) is 4.30. The Balaban J connectivity index is 1.69. The lowest BCUT2D eigenvalue weighted by Gasteiger charge is -2.24. The molecule has 32 heavy (non-hydrogen) atoms. The molecule has 6 heteroatoms. The third kappa shape index (κ3) is 4.68. The summed E-state index contributed by atoms with van der Waals surface area (Å²) >= 11 is 6.23. The molecule has 4 rings (SSSR count). The van der Waals surface area contributed by atoms with E-state index in [9.17, 15) is 9.59 Å². The number of aryl methyl sites for hydroxylation is 2. The molecule has 0 fully saturated rings. The fourth-order valence-corrected chi connectivity index (χ4v) is 3.88. The highest BCUT2D eigenvalue weighted by Gasteiger charge is 2.18. The minimum absolute atomic E-state index is 0.157. The second-order valence-corrected chi connectivity index (χ2v) is 8.27. The van der Waals surface area contributed by atoms with E-state index in [-0.39, 0.29) is 18.1 Å². The first-order valence-corrected chi connectivity index (χ1v) is 10.8. The van der Waals surface area contributed by atoms with Crippen molar-refractivity contribution in [2.45, 2.75) is 26.9 Å². The van der Waals surface area contributed by atoms with Crippen LogP contribution >= 0.6 is 11.6 Å². The zero-order valence-corrected chi connectivity index (χ0v) is 18.7. The Morgan fingerprint density at radius 3 is 2.38 bits per heavy atom. The minimum Gasteiger partial charge on any atom is -0.321 e. The van der Waals surface area contributed by atoms with E-state index in [1.807, 2.05) is 68.4 Å². The Bertz CT molecular complexity index is 1330. The lowest BCUT2D eigenvalue weighted by molar-refractivity contribution is 0.206. The number of rotatable bonds is 5. The fourth-order valence-electron chi connectivity index (χ4n) is 3.70. The van der Waals surface area contributed by atoms with Crippen molar-refractivity contribution < 1.29 is 4.79 Å². The largest absolute Gasteiger partial charge is 0.322 e. The molecule has 0 aliphatic heterocycles. The number of H-pyrrole nitrogens is 1. The average molecular weight is 446 g/mol. The topological polar surface area (TPSA) is 65.2 Å². The number of hydrogen-bond acceptors (Lipinski definition) is 2. The predicted molar refractivity (Wildman–Crippen MR) is 130 cm³/mol. The first-order valence-electron chi connectivity index (χ1n) is 10.4. The summed E-state index contributed by atoms with van der Waals surface area (Å²) in [7, 11) is 0. The van der Waals surface area contributed by atoms with Gasteiger partial charge in [0.2, 0.25) is 0 Å². The van der Waals surface area contributed by atoms with Gasteiger partial charge in [0, 0.05) is 17.5 Å². The van der Waals surface area contributed by atoms with Crippen LogP contribution in [0.15, 0.2) is 77.6 Å². The number of benzene rings is 3. The maximum absolute atomic E-state index is 13.2. The predicted octanol–water partition coefficient (Wildman–Crippen LogP) is 6.03. The van der Waals surface area contributed by atoms with Crippen LogP contribution in [0.2, 0.25) is 5.02 Å². The maximum atomic E-state index is 13.2. The number of carbonyl (C=O) groups is 1. The lowest BCUT2D eigenvalue weighted by atomic mass is 10.0. The van der Waals surface area contributed by atoms with E-state index in [0.717, 1.165) is 27.6 Å². The van der Waals surface area contributed by atoms with Crippen molar-refractivity contribution in [3.8, 4) is 0 Å². The molecule has 4 aromatic rings. The highest BCUT2D eigenvalue weighted by atomic mass is 35.5. The van der Waals surface area contributed by atoms with Crippen molar-refractivity contribution in [2.24, 2.45) is 0 Å². The number of nitrogens with zero attached hydrogens (tertiary/aromatic N) is 1. The number of carbonyl (C=O) groups excluding carboxylic acids is 1. The summed E-state index contributed by atoms with van der Waals surface area (Å²) in [5.41, 5.74) is 4.72. The highest BCUT2D eigenvalue weighted by molar-refractivity contribution is 6.33. The van der Waals surface area contributed by atoms with E-state index in [0.29, 0.717) is 22.8 Å². The van der Waals surface area contributed by atoms with Crippen LogP contribution in [-0.2, 0) is 13.1 Å². The number of nitrogens with one attached hydrogen (secondary N) is 2. The molecule has 0 saturated carbocycles. The van der Waals surface area contributed by atoms with Crippen LogP contribution in [0.5, 0.6) is 0 Å². The SMILES string of the molecule is Cc1ccc(C)c2[nH]c(=O)c(CN(Cc3ccccc3)C(=O)Nc3ccccc3Cl)cc12. The number of pyridine rings is 1. The van der Waals surface area contributed by atoms with Crippen LogP contribution < -0.4 is 10.9 Å². The molecule has 0 bridgehead atoms. The Kier molecular flexibility index (Phi) is 6.28. The molecule has 0 atom stereocenters. The zero-order valence-electron chi connectivity index (χ0n) is 18.0. The van der Waals surface area contributed by atoms with Gasteiger partial charge in [0.05, 0.1) is 22.8 Å². The molecule has 3 aromatic carbocycles. The molecule has 2 amide bonds. The van der Waals surface area contributed by atoms with E-state index in [1.54, 1.807) is 23.1 Å². The first-order chi connectivity index (χ1) is 15.4. The molecule has 0 spiro atoms. The van der Waals surface area contributed by atoms with Crippen molar-refractivity contribution >= 4 is 34.2 Å². The summed E-state index contributed by atoms with van der Waals surface area (Å²) < 4.78 is 0. The molecule has 1 aromatic heterocycles. The van der Waals surface area contributed by atoms with Crippen molar-refractivity contribution in [1.82, 2.24) is 9.88 Å².